The largest absolute Gasteiger partial charge is 0.459 e. The maximum Gasteiger partial charge on any atom is 0.286 e. The van der Waals surface area contributed by atoms with Crippen LogP contribution in [0.15, 0.2) is 39.6 Å². The molecule has 0 saturated carbocycles. The molecule has 0 bridgehead atoms. The second kappa shape index (κ2) is 7.40. The number of nitrogens with one attached hydrogen (secondary N) is 1. The third-order valence-electron chi connectivity index (χ3n) is 5.02. The summed E-state index contributed by atoms with van der Waals surface area (Å²) in [5.74, 6) is 1.01. The van der Waals surface area contributed by atoms with Crippen LogP contribution in [-0.4, -0.2) is 38.8 Å². The average molecular weight is 369 g/mol. The minimum atomic E-state index is -0.191. The van der Waals surface area contributed by atoms with Gasteiger partial charge in [0.25, 0.3) is 5.91 Å². The van der Waals surface area contributed by atoms with E-state index in [-0.39, 0.29) is 11.9 Å². The number of fused-ring (bicyclic) bond motifs is 1. The zero-order valence-corrected chi connectivity index (χ0v) is 15.5. The molecule has 142 valence electrons. The van der Waals surface area contributed by atoms with Crippen LogP contribution in [0, 0.1) is 13.8 Å². The molecule has 1 atom stereocenters. The molecule has 4 rings (SSSR count). The maximum absolute atomic E-state index is 12.0. The number of carbonyl (C=O) groups excluding carboxylic acids is 1. The van der Waals surface area contributed by atoms with E-state index in [1.807, 2.05) is 26.1 Å². The first kappa shape index (κ1) is 17.5. The van der Waals surface area contributed by atoms with Crippen LogP contribution >= 0.6 is 0 Å². The van der Waals surface area contributed by atoms with Crippen LogP contribution in [0.4, 0.5) is 0 Å². The van der Waals surface area contributed by atoms with Gasteiger partial charge in [0.05, 0.1) is 23.7 Å². The van der Waals surface area contributed by atoms with Crippen molar-refractivity contribution in [1.29, 1.82) is 0 Å². The highest BCUT2D eigenvalue weighted by molar-refractivity contribution is 5.91. The van der Waals surface area contributed by atoms with Gasteiger partial charge in [0.2, 0.25) is 0 Å². The predicted molar refractivity (Wildman–Crippen MR) is 97.0 cm³/mol. The summed E-state index contributed by atoms with van der Waals surface area (Å²) in [5, 5.41) is 11.4. The van der Waals surface area contributed by atoms with Gasteiger partial charge in [-0.3, -0.25) is 14.4 Å². The fourth-order valence-electron chi connectivity index (χ4n) is 3.60. The molecule has 3 aromatic heterocycles. The molecule has 8 heteroatoms. The highest BCUT2D eigenvalue weighted by atomic mass is 16.5. The van der Waals surface area contributed by atoms with Crippen LogP contribution in [0.3, 0.4) is 0 Å². The molecule has 1 aliphatic rings. The van der Waals surface area contributed by atoms with Crippen molar-refractivity contribution in [1.82, 2.24) is 25.2 Å². The standard InChI is InChI=1S/C19H23N5O3/c1-13-17(14(2)27-22-13)12-23-10-15(24-16(11-23)6-8-21-24)5-7-20-19(25)18-4-3-9-26-18/h3-4,6,8-9,15H,5,7,10-12H2,1-2H3,(H,20,25)/t15-/m1/s1. The van der Waals surface area contributed by atoms with Crippen molar-refractivity contribution in [3.05, 3.63) is 59.1 Å². The highest BCUT2D eigenvalue weighted by Gasteiger charge is 2.27. The molecule has 0 aromatic carbocycles. The van der Waals surface area contributed by atoms with Crippen LogP contribution in [0.2, 0.25) is 0 Å². The van der Waals surface area contributed by atoms with Gasteiger partial charge in [0, 0.05) is 37.9 Å². The van der Waals surface area contributed by atoms with Gasteiger partial charge < -0.3 is 14.3 Å². The lowest BCUT2D eigenvalue weighted by molar-refractivity contribution is 0.0919. The van der Waals surface area contributed by atoms with Gasteiger partial charge in [-0.25, -0.2) is 0 Å². The molecule has 0 saturated heterocycles. The zero-order valence-electron chi connectivity index (χ0n) is 15.5. The lowest BCUT2D eigenvalue weighted by Gasteiger charge is -2.34. The van der Waals surface area contributed by atoms with Crippen LogP contribution in [0.5, 0.6) is 0 Å². The number of hydrogen-bond acceptors (Lipinski definition) is 6. The van der Waals surface area contributed by atoms with Crippen LogP contribution in [0.1, 0.15) is 45.7 Å². The van der Waals surface area contributed by atoms with E-state index in [0.717, 1.165) is 43.1 Å². The van der Waals surface area contributed by atoms with E-state index in [1.54, 1.807) is 12.1 Å². The first-order chi connectivity index (χ1) is 13.1. The monoisotopic (exact) mass is 369 g/mol. The third-order valence-corrected chi connectivity index (χ3v) is 5.02. The van der Waals surface area contributed by atoms with Crippen LogP contribution in [-0.2, 0) is 13.1 Å². The Labute approximate surface area is 157 Å². The van der Waals surface area contributed by atoms with Crippen molar-refractivity contribution in [2.45, 2.75) is 39.4 Å². The van der Waals surface area contributed by atoms with Gasteiger partial charge in [-0.05, 0) is 38.5 Å². The normalized spacial score (nSPS) is 17.0. The smallest absolute Gasteiger partial charge is 0.286 e. The minimum Gasteiger partial charge on any atom is -0.459 e. The second-order valence-electron chi connectivity index (χ2n) is 6.92. The fourth-order valence-corrected chi connectivity index (χ4v) is 3.60. The number of furan rings is 1. The molecular weight excluding hydrogens is 346 g/mol. The summed E-state index contributed by atoms with van der Waals surface area (Å²) < 4.78 is 12.5. The molecule has 0 aliphatic carbocycles. The molecule has 1 amide bonds. The second-order valence-corrected chi connectivity index (χ2v) is 6.92. The lowest BCUT2D eigenvalue weighted by Crippen LogP contribution is -2.39. The van der Waals surface area contributed by atoms with E-state index in [4.69, 9.17) is 8.94 Å². The molecular formula is C19H23N5O3. The van der Waals surface area contributed by atoms with E-state index >= 15 is 0 Å². The summed E-state index contributed by atoms with van der Waals surface area (Å²) in [6, 6.07) is 5.61. The zero-order chi connectivity index (χ0) is 18.8. The average Bonchev–Trinajstić information content (AvgIpc) is 3.39. The van der Waals surface area contributed by atoms with Gasteiger partial charge in [-0.15, -0.1) is 0 Å². The molecule has 1 N–H and O–H groups in total. The molecule has 0 spiro atoms. The van der Waals surface area contributed by atoms with Crippen molar-refractivity contribution in [3.63, 3.8) is 0 Å². The summed E-state index contributed by atoms with van der Waals surface area (Å²) in [5.41, 5.74) is 3.26. The number of carbonyl (C=O) groups is 1. The fraction of sp³-hybridized carbons (Fsp3) is 0.421. The van der Waals surface area contributed by atoms with Crippen molar-refractivity contribution >= 4 is 5.91 Å². The summed E-state index contributed by atoms with van der Waals surface area (Å²) in [6.07, 6.45) is 4.13. The SMILES string of the molecule is Cc1noc(C)c1CN1Cc2ccnn2[C@H](CCNC(=O)c2ccco2)C1. The highest BCUT2D eigenvalue weighted by Crippen LogP contribution is 2.25. The number of nitrogens with zero attached hydrogens (tertiary/aromatic N) is 4. The van der Waals surface area contributed by atoms with E-state index < -0.39 is 0 Å². The molecule has 3 aromatic rings. The quantitative estimate of drug-likeness (QED) is 0.718. The first-order valence-electron chi connectivity index (χ1n) is 9.10. The summed E-state index contributed by atoms with van der Waals surface area (Å²) >= 11 is 0. The van der Waals surface area contributed by atoms with Crippen LogP contribution < -0.4 is 5.32 Å². The Hall–Kier alpha value is -2.87. The minimum absolute atomic E-state index is 0.191. The molecule has 1 aliphatic heterocycles. The van der Waals surface area contributed by atoms with Gasteiger partial charge in [-0.1, -0.05) is 5.16 Å². The van der Waals surface area contributed by atoms with E-state index in [2.05, 4.69) is 25.2 Å². The van der Waals surface area contributed by atoms with Gasteiger partial charge in [0.1, 0.15) is 5.76 Å². The Morgan fingerprint density at radius 3 is 3.00 bits per heavy atom. The Morgan fingerprint density at radius 1 is 1.37 bits per heavy atom. The van der Waals surface area contributed by atoms with Gasteiger partial charge >= 0.3 is 0 Å². The molecule has 0 unspecified atom stereocenters. The third kappa shape index (κ3) is 3.66. The molecule has 8 nitrogen and oxygen atoms in total. The van der Waals surface area contributed by atoms with Crippen molar-refractivity contribution in [3.8, 4) is 0 Å². The Balaban J connectivity index is 1.40. The Bertz CT molecular complexity index is 892. The number of aryl methyl sites for hydroxylation is 2. The number of rotatable bonds is 6. The number of amides is 1. The predicted octanol–water partition coefficient (Wildman–Crippen LogP) is 2.46. The molecule has 0 fully saturated rings. The van der Waals surface area contributed by atoms with E-state index in [0.29, 0.717) is 12.3 Å². The Kier molecular flexibility index (Phi) is 4.81. The molecule has 0 radical (unpaired) electrons. The van der Waals surface area contributed by atoms with Gasteiger partial charge in [-0.2, -0.15) is 5.10 Å². The molecule has 27 heavy (non-hydrogen) atoms. The van der Waals surface area contributed by atoms with Crippen molar-refractivity contribution < 1.29 is 13.7 Å². The van der Waals surface area contributed by atoms with E-state index in [1.165, 1.54) is 12.0 Å². The number of aromatic nitrogens is 3. The van der Waals surface area contributed by atoms with Crippen LogP contribution in [0.25, 0.3) is 0 Å². The summed E-state index contributed by atoms with van der Waals surface area (Å²) in [6.45, 7) is 6.96. The van der Waals surface area contributed by atoms with Crippen molar-refractivity contribution in [2.24, 2.45) is 0 Å². The van der Waals surface area contributed by atoms with Crippen molar-refractivity contribution in [2.75, 3.05) is 13.1 Å². The Morgan fingerprint density at radius 2 is 2.26 bits per heavy atom. The first-order valence-corrected chi connectivity index (χ1v) is 9.10. The van der Waals surface area contributed by atoms with Gasteiger partial charge in [0.15, 0.2) is 5.76 Å². The van der Waals surface area contributed by atoms with E-state index in [9.17, 15) is 4.79 Å². The lowest BCUT2D eigenvalue weighted by atomic mass is 10.1. The number of hydrogen-bond donors (Lipinski definition) is 1. The topological polar surface area (TPSA) is 89.3 Å². The molecule has 4 heterocycles. The maximum atomic E-state index is 12.0. The summed E-state index contributed by atoms with van der Waals surface area (Å²) in [4.78, 5) is 14.4. The summed E-state index contributed by atoms with van der Waals surface area (Å²) in [7, 11) is 0.